The zero-order valence-electron chi connectivity index (χ0n) is 14.0. The highest BCUT2D eigenvalue weighted by molar-refractivity contribution is 7.98. The lowest BCUT2D eigenvalue weighted by Crippen LogP contribution is -2.21. The van der Waals surface area contributed by atoms with Gasteiger partial charge < -0.3 is 10.0 Å². The Morgan fingerprint density at radius 3 is 2.46 bits per heavy atom. The normalized spacial score (nSPS) is 14.2. The molecule has 1 saturated heterocycles. The van der Waals surface area contributed by atoms with Gasteiger partial charge in [0, 0.05) is 30.1 Å². The number of rotatable bonds is 5. The Hall–Kier alpha value is -2.08. The smallest absolute Gasteiger partial charge is 0.335 e. The van der Waals surface area contributed by atoms with E-state index in [0.29, 0.717) is 5.56 Å². The summed E-state index contributed by atoms with van der Waals surface area (Å²) >= 11 is 1.59. The molecule has 0 radical (unpaired) electrons. The highest BCUT2D eigenvalue weighted by Gasteiger charge is 2.18. The fraction of sp³-hybridized carbons (Fsp3) is 0.389. The van der Waals surface area contributed by atoms with E-state index in [2.05, 4.69) is 16.8 Å². The van der Waals surface area contributed by atoms with E-state index in [1.54, 1.807) is 23.9 Å². The van der Waals surface area contributed by atoms with Crippen molar-refractivity contribution in [2.45, 2.75) is 37.6 Å². The Balaban J connectivity index is 1.73. The molecule has 1 aliphatic rings. The summed E-state index contributed by atoms with van der Waals surface area (Å²) in [5.41, 5.74) is 3.56. The van der Waals surface area contributed by atoms with E-state index in [1.165, 1.54) is 12.8 Å². The Labute approximate surface area is 146 Å². The van der Waals surface area contributed by atoms with Crippen molar-refractivity contribution >= 4 is 23.5 Å². The summed E-state index contributed by atoms with van der Waals surface area (Å²) in [5.74, 6) is 0.882. The second-order valence-corrected chi connectivity index (χ2v) is 6.97. The van der Waals surface area contributed by atoms with Gasteiger partial charge in [-0.15, -0.1) is 0 Å². The average Bonchev–Trinajstić information content (AvgIpc) is 3.10. The van der Waals surface area contributed by atoms with Crippen molar-refractivity contribution in [1.29, 1.82) is 0 Å². The molecular weight excluding hydrogens is 322 g/mol. The van der Waals surface area contributed by atoms with Gasteiger partial charge in [-0.1, -0.05) is 23.9 Å². The Kier molecular flexibility index (Phi) is 5.04. The summed E-state index contributed by atoms with van der Waals surface area (Å²) in [5, 5.41) is 9.72. The largest absolute Gasteiger partial charge is 0.478 e. The molecule has 1 aromatic heterocycles. The zero-order chi connectivity index (χ0) is 17.1. The van der Waals surface area contributed by atoms with Crippen molar-refractivity contribution in [3.05, 3.63) is 46.6 Å². The first-order chi connectivity index (χ1) is 11.5. The average molecular weight is 343 g/mol. The zero-order valence-corrected chi connectivity index (χ0v) is 14.8. The first-order valence-electron chi connectivity index (χ1n) is 8.10. The first kappa shape index (κ1) is 16.8. The maximum Gasteiger partial charge on any atom is 0.335 e. The van der Waals surface area contributed by atoms with Gasteiger partial charge in [0.1, 0.15) is 5.82 Å². The molecule has 0 saturated carbocycles. The number of benzene rings is 1. The van der Waals surface area contributed by atoms with Crippen LogP contribution in [0.4, 0.5) is 5.82 Å². The van der Waals surface area contributed by atoms with Crippen molar-refractivity contribution in [1.82, 2.24) is 9.97 Å². The molecular formula is C18H21N3O2S. The number of nitrogens with zero attached hydrogens (tertiary/aromatic N) is 3. The second kappa shape index (κ2) is 7.21. The molecule has 0 atom stereocenters. The third kappa shape index (κ3) is 3.70. The van der Waals surface area contributed by atoms with Gasteiger partial charge in [0.25, 0.3) is 0 Å². The van der Waals surface area contributed by atoms with Gasteiger partial charge in [-0.2, -0.15) is 0 Å². The van der Waals surface area contributed by atoms with Gasteiger partial charge in [0.2, 0.25) is 0 Å². The molecule has 5 nitrogen and oxygen atoms in total. The maximum atomic E-state index is 10.9. The number of carbonyl (C=O) groups is 1. The first-order valence-corrected chi connectivity index (χ1v) is 9.08. The van der Waals surface area contributed by atoms with E-state index in [9.17, 15) is 4.79 Å². The topological polar surface area (TPSA) is 66.3 Å². The third-order valence-electron chi connectivity index (χ3n) is 4.32. The molecule has 1 fully saturated rings. The number of hydrogen-bond donors (Lipinski definition) is 1. The van der Waals surface area contributed by atoms with Crippen LogP contribution in [0, 0.1) is 13.8 Å². The van der Waals surface area contributed by atoms with Crippen LogP contribution in [0.3, 0.4) is 0 Å². The van der Waals surface area contributed by atoms with Crippen molar-refractivity contribution < 1.29 is 9.90 Å². The quantitative estimate of drug-likeness (QED) is 0.660. The van der Waals surface area contributed by atoms with E-state index in [4.69, 9.17) is 10.1 Å². The van der Waals surface area contributed by atoms with E-state index < -0.39 is 5.97 Å². The molecule has 0 aliphatic carbocycles. The van der Waals surface area contributed by atoms with Crippen LogP contribution in [0.25, 0.3) is 0 Å². The summed E-state index contributed by atoms with van der Waals surface area (Å²) in [6, 6.07) is 6.96. The van der Waals surface area contributed by atoms with Gasteiger partial charge in [-0.25, -0.2) is 14.8 Å². The SMILES string of the molecule is Cc1nc(SCc2ccc(C(=O)O)cc2)nc(N2CCCC2)c1C. The number of aromatic nitrogens is 2. The van der Waals surface area contributed by atoms with Crippen LogP contribution >= 0.6 is 11.8 Å². The fourth-order valence-electron chi connectivity index (χ4n) is 2.78. The van der Waals surface area contributed by atoms with Gasteiger partial charge in [0.15, 0.2) is 5.16 Å². The highest BCUT2D eigenvalue weighted by atomic mass is 32.2. The van der Waals surface area contributed by atoms with Crippen molar-refractivity contribution in [2.75, 3.05) is 18.0 Å². The van der Waals surface area contributed by atoms with Gasteiger partial charge in [-0.3, -0.25) is 0 Å². The molecule has 1 N–H and O–H groups in total. The van der Waals surface area contributed by atoms with Crippen LogP contribution in [0.1, 0.15) is 40.0 Å². The molecule has 3 rings (SSSR count). The lowest BCUT2D eigenvalue weighted by Gasteiger charge is -2.20. The molecule has 0 amide bonds. The molecule has 0 spiro atoms. The lowest BCUT2D eigenvalue weighted by molar-refractivity contribution is 0.0697. The van der Waals surface area contributed by atoms with Crippen molar-refractivity contribution in [3.63, 3.8) is 0 Å². The Bertz CT molecular complexity index is 741. The monoisotopic (exact) mass is 343 g/mol. The summed E-state index contributed by atoms with van der Waals surface area (Å²) in [4.78, 5) is 22.6. The van der Waals surface area contributed by atoms with E-state index in [0.717, 1.165) is 46.6 Å². The van der Waals surface area contributed by atoms with E-state index >= 15 is 0 Å². The van der Waals surface area contributed by atoms with Crippen LogP contribution in [-0.2, 0) is 5.75 Å². The molecule has 2 aromatic rings. The molecule has 1 aliphatic heterocycles. The molecule has 1 aromatic carbocycles. The van der Waals surface area contributed by atoms with Crippen LogP contribution in [0.15, 0.2) is 29.4 Å². The lowest BCUT2D eigenvalue weighted by atomic mass is 10.1. The number of aromatic carboxylic acids is 1. The number of carboxylic acids is 1. The van der Waals surface area contributed by atoms with E-state index in [1.807, 2.05) is 19.1 Å². The predicted octanol–water partition coefficient (Wildman–Crippen LogP) is 3.68. The van der Waals surface area contributed by atoms with Gasteiger partial charge in [-0.05, 0) is 44.4 Å². The predicted molar refractivity (Wildman–Crippen MR) is 95.9 cm³/mol. The number of aryl methyl sites for hydroxylation is 1. The second-order valence-electron chi connectivity index (χ2n) is 6.03. The molecule has 6 heteroatoms. The number of hydrogen-bond acceptors (Lipinski definition) is 5. The number of thioether (sulfide) groups is 1. The third-order valence-corrected chi connectivity index (χ3v) is 5.24. The standard InChI is InChI=1S/C18H21N3O2S/c1-12-13(2)19-18(20-16(12)21-9-3-4-10-21)24-11-14-5-7-15(8-6-14)17(22)23/h5-8H,3-4,9-11H2,1-2H3,(H,22,23). The maximum absolute atomic E-state index is 10.9. The van der Waals surface area contributed by atoms with Crippen LogP contribution < -0.4 is 4.90 Å². The molecule has 24 heavy (non-hydrogen) atoms. The minimum Gasteiger partial charge on any atom is -0.478 e. The van der Waals surface area contributed by atoms with E-state index in [-0.39, 0.29) is 0 Å². The van der Waals surface area contributed by atoms with Crippen LogP contribution in [0.2, 0.25) is 0 Å². The van der Waals surface area contributed by atoms with Crippen molar-refractivity contribution in [2.24, 2.45) is 0 Å². The molecule has 2 heterocycles. The summed E-state index contributed by atoms with van der Waals surface area (Å²) in [7, 11) is 0. The summed E-state index contributed by atoms with van der Waals surface area (Å²) in [6.45, 7) is 6.25. The molecule has 126 valence electrons. The fourth-order valence-corrected chi connectivity index (χ4v) is 3.62. The van der Waals surface area contributed by atoms with Crippen LogP contribution in [0.5, 0.6) is 0 Å². The Morgan fingerprint density at radius 2 is 1.83 bits per heavy atom. The molecule has 0 bridgehead atoms. The highest BCUT2D eigenvalue weighted by Crippen LogP contribution is 2.28. The summed E-state index contributed by atoms with van der Waals surface area (Å²) < 4.78 is 0. The van der Waals surface area contributed by atoms with Gasteiger partial charge >= 0.3 is 5.97 Å². The summed E-state index contributed by atoms with van der Waals surface area (Å²) in [6.07, 6.45) is 2.45. The molecule has 0 unspecified atom stereocenters. The van der Waals surface area contributed by atoms with Crippen molar-refractivity contribution in [3.8, 4) is 0 Å². The minimum atomic E-state index is -0.901. The number of anilines is 1. The minimum absolute atomic E-state index is 0.308. The van der Waals surface area contributed by atoms with Gasteiger partial charge in [0.05, 0.1) is 5.56 Å². The Morgan fingerprint density at radius 1 is 1.17 bits per heavy atom. The van der Waals surface area contributed by atoms with Crippen LogP contribution in [-0.4, -0.2) is 34.1 Å². The number of carboxylic acid groups (broad SMARTS) is 1.